The number of amides is 1. The molecule has 1 heterocycles. The SMILES string of the molecule is CCOC(=O)c1ncoc1[C@H](Cc1ccccc1)NC(=O)OC(C)(C)C. The van der Waals surface area contributed by atoms with E-state index >= 15 is 0 Å². The Kier molecular flexibility index (Phi) is 6.38. The standard InChI is InChI=1S/C19H24N2O5/c1-5-24-17(22)15-16(25-12-20-15)14(11-13-9-7-6-8-10-13)21-18(23)26-19(2,3)4/h6-10,12,14H,5,11H2,1-4H3,(H,21,23)/t14-/m0/s1. The largest absolute Gasteiger partial charge is 0.461 e. The summed E-state index contributed by atoms with van der Waals surface area (Å²) in [6.07, 6.45) is 0.961. The highest BCUT2D eigenvalue weighted by molar-refractivity contribution is 5.88. The molecule has 0 saturated heterocycles. The van der Waals surface area contributed by atoms with Crippen molar-refractivity contribution in [2.45, 2.75) is 45.8 Å². The van der Waals surface area contributed by atoms with Gasteiger partial charge in [-0.1, -0.05) is 30.3 Å². The minimum absolute atomic E-state index is 0.0452. The number of hydrogen-bond donors (Lipinski definition) is 1. The molecule has 7 heteroatoms. The molecular formula is C19H24N2O5. The highest BCUT2D eigenvalue weighted by atomic mass is 16.6. The van der Waals surface area contributed by atoms with E-state index in [0.717, 1.165) is 12.0 Å². The second-order valence-corrected chi connectivity index (χ2v) is 6.67. The van der Waals surface area contributed by atoms with E-state index in [2.05, 4.69) is 10.3 Å². The number of ether oxygens (including phenoxy) is 2. The van der Waals surface area contributed by atoms with Crippen LogP contribution in [0.1, 0.15) is 55.5 Å². The number of benzene rings is 1. The molecule has 2 rings (SSSR count). The Hall–Kier alpha value is -2.83. The van der Waals surface area contributed by atoms with Crippen molar-refractivity contribution in [2.24, 2.45) is 0 Å². The second-order valence-electron chi connectivity index (χ2n) is 6.67. The van der Waals surface area contributed by atoms with E-state index < -0.39 is 23.7 Å². The van der Waals surface area contributed by atoms with Crippen molar-refractivity contribution < 1.29 is 23.5 Å². The van der Waals surface area contributed by atoms with Crippen LogP contribution < -0.4 is 5.32 Å². The maximum absolute atomic E-state index is 12.2. The second kappa shape index (κ2) is 8.51. The molecule has 7 nitrogen and oxygen atoms in total. The highest BCUT2D eigenvalue weighted by Gasteiger charge is 2.28. The van der Waals surface area contributed by atoms with E-state index in [1.165, 1.54) is 0 Å². The van der Waals surface area contributed by atoms with Crippen molar-refractivity contribution in [3.63, 3.8) is 0 Å². The normalized spacial score (nSPS) is 12.3. The molecule has 0 unspecified atom stereocenters. The molecule has 0 radical (unpaired) electrons. The predicted molar refractivity (Wildman–Crippen MR) is 94.7 cm³/mol. The maximum atomic E-state index is 12.2. The zero-order valence-corrected chi connectivity index (χ0v) is 15.4. The van der Waals surface area contributed by atoms with Crippen molar-refractivity contribution >= 4 is 12.1 Å². The fourth-order valence-corrected chi connectivity index (χ4v) is 2.36. The molecule has 1 N–H and O–H groups in total. The van der Waals surface area contributed by atoms with Crippen LogP contribution in [-0.2, 0) is 15.9 Å². The molecule has 0 aliphatic carbocycles. The van der Waals surface area contributed by atoms with Crippen LogP contribution in [-0.4, -0.2) is 29.3 Å². The Morgan fingerprint density at radius 3 is 2.54 bits per heavy atom. The topological polar surface area (TPSA) is 90.7 Å². The van der Waals surface area contributed by atoms with Gasteiger partial charge in [0.25, 0.3) is 0 Å². The first-order valence-corrected chi connectivity index (χ1v) is 8.44. The van der Waals surface area contributed by atoms with Gasteiger partial charge in [-0.15, -0.1) is 0 Å². The van der Waals surface area contributed by atoms with Gasteiger partial charge >= 0.3 is 12.1 Å². The van der Waals surface area contributed by atoms with E-state index in [1.54, 1.807) is 27.7 Å². The van der Waals surface area contributed by atoms with E-state index in [4.69, 9.17) is 13.9 Å². The molecule has 1 aromatic carbocycles. The summed E-state index contributed by atoms with van der Waals surface area (Å²) < 4.78 is 15.7. The van der Waals surface area contributed by atoms with Gasteiger partial charge in [-0.05, 0) is 33.3 Å². The summed E-state index contributed by atoms with van der Waals surface area (Å²) in [7, 11) is 0. The molecule has 140 valence electrons. The third-order valence-corrected chi connectivity index (χ3v) is 3.35. The highest BCUT2D eigenvalue weighted by Crippen LogP contribution is 2.23. The van der Waals surface area contributed by atoms with Crippen molar-refractivity contribution in [3.8, 4) is 0 Å². The zero-order chi connectivity index (χ0) is 19.2. The fraction of sp³-hybridized carbons (Fsp3) is 0.421. The Morgan fingerprint density at radius 1 is 1.23 bits per heavy atom. The smallest absolute Gasteiger partial charge is 0.408 e. The molecule has 26 heavy (non-hydrogen) atoms. The van der Waals surface area contributed by atoms with Crippen molar-refractivity contribution in [2.75, 3.05) is 6.61 Å². The Labute approximate surface area is 152 Å². The van der Waals surface area contributed by atoms with Gasteiger partial charge in [0.15, 0.2) is 17.8 Å². The Balaban J connectivity index is 2.27. The van der Waals surface area contributed by atoms with Crippen molar-refractivity contribution in [1.29, 1.82) is 0 Å². The molecule has 1 atom stereocenters. The van der Waals surface area contributed by atoms with Gasteiger partial charge in [0.1, 0.15) is 5.60 Å². The van der Waals surface area contributed by atoms with E-state index in [-0.39, 0.29) is 18.1 Å². The lowest BCUT2D eigenvalue weighted by Gasteiger charge is -2.23. The lowest BCUT2D eigenvalue weighted by molar-refractivity contribution is 0.0476. The maximum Gasteiger partial charge on any atom is 0.408 e. The van der Waals surface area contributed by atoms with E-state index in [1.807, 2.05) is 30.3 Å². The van der Waals surface area contributed by atoms with Crippen LogP contribution in [0.5, 0.6) is 0 Å². The van der Waals surface area contributed by atoms with Gasteiger partial charge in [-0.25, -0.2) is 14.6 Å². The van der Waals surface area contributed by atoms with Crippen LogP contribution in [0.3, 0.4) is 0 Å². The molecule has 0 fully saturated rings. The summed E-state index contributed by atoms with van der Waals surface area (Å²) in [5.74, 6) is -0.363. The number of oxazole rings is 1. The van der Waals surface area contributed by atoms with Crippen molar-refractivity contribution in [3.05, 3.63) is 53.7 Å². The number of nitrogens with one attached hydrogen (secondary N) is 1. The zero-order valence-electron chi connectivity index (χ0n) is 15.4. The number of rotatable bonds is 6. The summed E-state index contributed by atoms with van der Waals surface area (Å²) in [6.45, 7) is 7.25. The number of carbonyl (C=O) groups is 2. The first-order valence-electron chi connectivity index (χ1n) is 8.44. The molecule has 1 amide bonds. The van der Waals surface area contributed by atoms with Gasteiger partial charge in [0, 0.05) is 6.42 Å². The van der Waals surface area contributed by atoms with Crippen molar-refractivity contribution in [1.82, 2.24) is 10.3 Å². The summed E-state index contributed by atoms with van der Waals surface area (Å²) in [4.78, 5) is 28.3. The average Bonchev–Trinajstić information content (AvgIpc) is 3.03. The minimum Gasteiger partial charge on any atom is -0.461 e. The minimum atomic E-state index is -0.646. The number of aromatic nitrogens is 1. The summed E-state index contributed by atoms with van der Waals surface area (Å²) >= 11 is 0. The molecule has 0 saturated carbocycles. The van der Waals surface area contributed by atoms with E-state index in [9.17, 15) is 9.59 Å². The van der Waals surface area contributed by atoms with Gasteiger partial charge in [-0.2, -0.15) is 0 Å². The van der Waals surface area contributed by atoms with Crippen LogP contribution in [0.25, 0.3) is 0 Å². The number of hydrogen-bond acceptors (Lipinski definition) is 6. The Bertz CT molecular complexity index is 734. The summed E-state index contributed by atoms with van der Waals surface area (Å²) in [6, 6.07) is 8.90. The summed E-state index contributed by atoms with van der Waals surface area (Å²) in [5.41, 5.74) is 0.357. The van der Waals surface area contributed by atoms with Crippen LogP contribution in [0, 0.1) is 0 Å². The van der Waals surface area contributed by atoms with Crippen LogP contribution in [0.15, 0.2) is 41.1 Å². The lowest BCUT2D eigenvalue weighted by atomic mass is 10.0. The molecular weight excluding hydrogens is 336 g/mol. The number of alkyl carbamates (subject to hydrolysis) is 1. The summed E-state index contributed by atoms with van der Waals surface area (Å²) in [5, 5.41) is 2.76. The van der Waals surface area contributed by atoms with Crippen LogP contribution in [0.4, 0.5) is 4.79 Å². The molecule has 0 spiro atoms. The molecule has 0 bridgehead atoms. The number of esters is 1. The lowest BCUT2D eigenvalue weighted by Crippen LogP contribution is -2.36. The number of nitrogens with zero attached hydrogens (tertiary/aromatic N) is 1. The molecule has 2 aromatic rings. The van der Waals surface area contributed by atoms with Crippen LogP contribution in [0.2, 0.25) is 0 Å². The average molecular weight is 360 g/mol. The van der Waals surface area contributed by atoms with Crippen LogP contribution >= 0.6 is 0 Å². The number of carbonyl (C=O) groups excluding carboxylic acids is 2. The molecule has 1 aromatic heterocycles. The molecule has 0 aliphatic rings. The fourth-order valence-electron chi connectivity index (χ4n) is 2.36. The van der Waals surface area contributed by atoms with Gasteiger partial charge in [-0.3, -0.25) is 0 Å². The monoisotopic (exact) mass is 360 g/mol. The van der Waals surface area contributed by atoms with Gasteiger partial charge in [0.05, 0.1) is 12.6 Å². The first kappa shape index (κ1) is 19.5. The third kappa shape index (κ3) is 5.61. The third-order valence-electron chi connectivity index (χ3n) is 3.35. The molecule has 0 aliphatic heterocycles. The first-order chi connectivity index (χ1) is 12.3. The van der Waals surface area contributed by atoms with Gasteiger partial charge in [0.2, 0.25) is 0 Å². The quantitative estimate of drug-likeness (QED) is 0.791. The van der Waals surface area contributed by atoms with E-state index in [0.29, 0.717) is 6.42 Å². The van der Waals surface area contributed by atoms with Gasteiger partial charge < -0.3 is 19.2 Å². The predicted octanol–water partition coefficient (Wildman–Crippen LogP) is 3.66. The Morgan fingerprint density at radius 2 is 1.92 bits per heavy atom.